The molecule has 3 atom stereocenters. The Labute approximate surface area is 107 Å². The Kier molecular flexibility index (Phi) is 3.31. The van der Waals surface area contributed by atoms with E-state index in [2.05, 4.69) is 22.1 Å². The van der Waals surface area contributed by atoms with Gasteiger partial charge in [0.25, 0.3) is 0 Å². The average molecular weight is 249 g/mol. The van der Waals surface area contributed by atoms with Crippen LogP contribution >= 0.6 is 0 Å². The van der Waals surface area contributed by atoms with Crippen LogP contribution in [0.3, 0.4) is 0 Å². The molecule has 0 spiro atoms. The van der Waals surface area contributed by atoms with E-state index in [1.807, 2.05) is 0 Å². The molecule has 2 aliphatic heterocycles. The number of rotatable bonds is 2. The van der Waals surface area contributed by atoms with Gasteiger partial charge in [0.15, 0.2) is 0 Å². The van der Waals surface area contributed by atoms with Crippen molar-refractivity contribution in [1.82, 2.24) is 15.2 Å². The van der Waals surface area contributed by atoms with Crippen molar-refractivity contribution in [1.29, 1.82) is 0 Å². The van der Waals surface area contributed by atoms with Gasteiger partial charge in [-0.15, -0.1) is 0 Å². The van der Waals surface area contributed by atoms with Gasteiger partial charge in [-0.3, -0.25) is 9.88 Å². The fraction of sp³-hybridized carbons (Fsp3) is 0.643. The summed E-state index contributed by atoms with van der Waals surface area (Å²) in [7, 11) is 0. The van der Waals surface area contributed by atoms with Crippen LogP contribution in [0.15, 0.2) is 18.5 Å². The first-order chi connectivity index (χ1) is 8.74. The molecule has 1 N–H and O–H groups in total. The molecule has 2 saturated heterocycles. The molecular formula is C14H20FN3. The topological polar surface area (TPSA) is 28.2 Å². The summed E-state index contributed by atoms with van der Waals surface area (Å²) in [5.41, 5.74) is 0.980. The van der Waals surface area contributed by atoms with Crippen molar-refractivity contribution >= 4 is 0 Å². The fourth-order valence-electron chi connectivity index (χ4n) is 3.26. The summed E-state index contributed by atoms with van der Waals surface area (Å²) in [6.45, 7) is 5.48. The van der Waals surface area contributed by atoms with Gasteiger partial charge in [0.05, 0.1) is 6.20 Å². The molecule has 4 heteroatoms. The minimum absolute atomic E-state index is 0.242. The molecule has 0 radical (unpaired) electrons. The Hall–Kier alpha value is -1.00. The van der Waals surface area contributed by atoms with E-state index in [-0.39, 0.29) is 11.9 Å². The van der Waals surface area contributed by atoms with Crippen LogP contribution in [0.1, 0.15) is 31.4 Å². The minimum Gasteiger partial charge on any atom is -0.312 e. The third kappa shape index (κ3) is 2.27. The van der Waals surface area contributed by atoms with Crippen molar-refractivity contribution < 1.29 is 4.39 Å². The Bertz CT molecular complexity index is 409. The zero-order chi connectivity index (χ0) is 12.5. The summed E-state index contributed by atoms with van der Waals surface area (Å²) in [5, 5.41) is 3.60. The molecule has 3 heterocycles. The largest absolute Gasteiger partial charge is 0.312 e. The first-order valence-electron chi connectivity index (χ1n) is 6.82. The monoisotopic (exact) mass is 249 g/mol. The van der Waals surface area contributed by atoms with Crippen molar-refractivity contribution in [3.8, 4) is 0 Å². The zero-order valence-corrected chi connectivity index (χ0v) is 10.8. The van der Waals surface area contributed by atoms with Gasteiger partial charge in [-0.25, -0.2) is 4.39 Å². The van der Waals surface area contributed by atoms with E-state index in [9.17, 15) is 4.39 Å². The Morgan fingerprint density at radius 1 is 1.44 bits per heavy atom. The summed E-state index contributed by atoms with van der Waals surface area (Å²) in [6, 6.07) is 2.48. The maximum absolute atomic E-state index is 13.2. The lowest BCUT2D eigenvalue weighted by Crippen LogP contribution is -2.40. The highest BCUT2D eigenvalue weighted by atomic mass is 19.1. The molecule has 2 aliphatic rings. The van der Waals surface area contributed by atoms with Crippen molar-refractivity contribution in [2.75, 3.05) is 19.6 Å². The van der Waals surface area contributed by atoms with Gasteiger partial charge in [-0.2, -0.15) is 0 Å². The number of nitrogens with zero attached hydrogens (tertiary/aromatic N) is 2. The van der Waals surface area contributed by atoms with Gasteiger partial charge in [-0.1, -0.05) is 0 Å². The number of hydrogen-bond donors (Lipinski definition) is 1. The van der Waals surface area contributed by atoms with Gasteiger partial charge >= 0.3 is 0 Å². The van der Waals surface area contributed by atoms with Gasteiger partial charge in [0.1, 0.15) is 5.82 Å². The second-order valence-electron chi connectivity index (χ2n) is 5.53. The first-order valence-corrected chi connectivity index (χ1v) is 6.82. The normalized spacial score (nSPS) is 30.1. The lowest BCUT2D eigenvalue weighted by molar-refractivity contribution is 0.250. The highest BCUT2D eigenvalue weighted by Gasteiger charge is 2.36. The van der Waals surface area contributed by atoms with Crippen molar-refractivity contribution in [3.63, 3.8) is 0 Å². The number of likely N-dealkylation sites (tertiary alicyclic amines) is 1. The summed E-state index contributed by atoms with van der Waals surface area (Å²) < 4.78 is 13.2. The second kappa shape index (κ2) is 4.94. The molecule has 0 aromatic carbocycles. The molecular weight excluding hydrogens is 229 g/mol. The number of halogens is 1. The van der Waals surface area contributed by atoms with E-state index >= 15 is 0 Å². The van der Waals surface area contributed by atoms with E-state index in [1.54, 1.807) is 12.3 Å². The molecule has 0 bridgehead atoms. The average Bonchev–Trinajstić information content (AvgIpc) is 2.81. The summed E-state index contributed by atoms with van der Waals surface area (Å²) in [6.07, 6.45) is 5.65. The molecule has 1 aromatic heterocycles. The smallest absolute Gasteiger partial charge is 0.141 e. The SMILES string of the molecule is CC(c1cncc(F)c1)N1CC2CCCNC2C1. The van der Waals surface area contributed by atoms with E-state index in [4.69, 9.17) is 0 Å². The molecule has 2 fully saturated rings. The number of pyridine rings is 1. The third-order valence-corrected chi connectivity index (χ3v) is 4.38. The molecule has 0 amide bonds. The molecule has 3 unspecified atom stereocenters. The van der Waals surface area contributed by atoms with Crippen LogP contribution in [-0.4, -0.2) is 35.6 Å². The summed E-state index contributed by atoms with van der Waals surface area (Å²) in [4.78, 5) is 6.40. The second-order valence-corrected chi connectivity index (χ2v) is 5.53. The standard InChI is InChI=1S/C14H20FN3/c1-10(12-5-13(15)7-16-6-12)18-8-11-3-2-4-17-14(11)9-18/h5-7,10-11,14,17H,2-4,8-9H2,1H3. The first kappa shape index (κ1) is 12.1. The van der Waals surface area contributed by atoms with E-state index in [0.29, 0.717) is 6.04 Å². The zero-order valence-electron chi connectivity index (χ0n) is 10.8. The predicted octanol–water partition coefficient (Wildman–Crippen LogP) is 1.97. The number of fused-ring (bicyclic) bond motifs is 1. The van der Waals surface area contributed by atoms with Crippen LogP contribution in [0.2, 0.25) is 0 Å². The van der Waals surface area contributed by atoms with Gasteiger partial charge < -0.3 is 5.32 Å². The lowest BCUT2D eigenvalue weighted by atomic mass is 9.94. The van der Waals surface area contributed by atoms with Crippen molar-refractivity contribution in [2.45, 2.75) is 31.8 Å². The molecule has 98 valence electrons. The highest BCUT2D eigenvalue weighted by molar-refractivity contribution is 5.15. The maximum Gasteiger partial charge on any atom is 0.141 e. The van der Waals surface area contributed by atoms with Crippen LogP contribution < -0.4 is 5.32 Å². The molecule has 0 aliphatic carbocycles. The third-order valence-electron chi connectivity index (χ3n) is 4.38. The van der Waals surface area contributed by atoms with Crippen molar-refractivity contribution in [2.24, 2.45) is 5.92 Å². The molecule has 0 saturated carbocycles. The van der Waals surface area contributed by atoms with Gasteiger partial charge in [-0.05, 0) is 43.9 Å². The molecule has 18 heavy (non-hydrogen) atoms. The number of aromatic nitrogens is 1. The van der Waals surface area contributed by atoms with Crippen LogP contribution in [-0.2, 0) is 0 Å². The maximum atomic E-state index is 13.2. The Balaban J connectivity index is 1.72. The molecule has 1 aromatic rings. The number of hydrogen-bond acceptors (Lipinski definition) is 3. The quantitative estimate of drug-likeness (QED) is 0.868. The van der Waals surface area contributed by atoms with Gasteiger partial charge in [0.2, 0.25) is 0 Å². The Morgan fingerprint density at radius 2 is 2.33 bits per heavy atom. The Morgan fingerprint density at radius 3 is 3.11 bits per heavy atom. The van der Waals surface area contributed by atoms with Crippen molar-refractivity contribution in [3.05, 3.63) is 29.8 Å². The minimum atomic E-state index is -0.242. The highest BCUT2D eigenvalue weighted by Crippen LogP contribution is 2.31. The summed E-state index contributed by atoms with van der Waals surface area (Å²) in [5.74, 6) is 0.525. The van der Waals surface area contributed by atoms with E-state index in [1.165, 1.54) is 19.0 Å². The van der Waals surface area contributed by atoms with Gasteiger partial charge in [0, 0.05) is 31.4 Å². The van der Waals surface area contributed by atoms with E-state index < -0.39 is 0 Å². The molecule has 3 nitrogen and oxygen atoms in total. The van der Waals surface area contributed by atoms with Crippen LogP contribution in [0, 0.1) is 11.7 Å². The number of piperidine rings is 1. The number of nitrogens with one attached hydrogen (secondary N) is 1. The lowest BCUT2D eigenvalue weighted by Gasteiger charge is -2.25. The van der Waals surface area contributed by atoms with Crippen LogP contribution in [0.25, 0.3) is 0 Å². The van der Waals surface area contributed by atoms with E-state index in [0.717, 1.165) is 31.1 Å². The molecule has 3 rings (SSSR count). The van der Waals surface area contributed by atoms with Crippen LogP contribution in [0.4, 0.5) is 4.39 Å². The summed E-state index contributed by atoms with van der Waals surface area (Å²) >= 11 is 0. The van der Waals surface area contributed by atoms with Crippen LogP contribution in [0.5, 0.6) is 0 Å². The predicted molar refractivity (Wildman–Crippen MR) is 68.7 cm³/mol. The fourth-order valence-corrected chi connectivity index (χ4v) is 3.26.